The van der Waals surface area contributed by atoms with Crippen LogP contribution in [0.4, 0.5) is 11.4 Å². The number of hydrogen-bond acceptors (Lipinski definition) is 7. The van der Waals surface area contributed by atoms with Crippen LogP contribution in [0.3, 0.4) is 0 Å². The number of esters is 1. The van der Waals surface area contributed by atoms with E-state index in [1.165, 1.54) is 40.8 Å². The third kappa shape index (κ3) is 4.20. The highest BCUT2D eigenvalue weighted by molar-refractivity contribution is 6.23. The van der Waals surface area contributed by atoms with Crippen molar-refractivity contribution in [2.75, 3.05) is 11.5 Å². The van der Waals surface area contributed by atoms with Gasteiger partial charge in [-0.3, -0.25) is 29.4 Å². The van der Waals surface area contributed by atoms with Gasteiger partial charge in [0.25, 0.3) is 5.69 Å². The van der Waals surface area contributed by atoms with E-state index in [1.807, 2.05) is 18.2 Å². The van der Waals surface area contributed by atoms with Gasteiger partial charge in [-0.2, -0.15) is 0 Å². The fourth-order valence-corrected chi connectivity index (χ4v) is 6.66. The number of benzene rings is 3. The van der Waals surface area contributed by atoms with Gasteiger partial charge in [-0.15, -0.1) is 0 Å². The first-order chi connectivity index (χ1) is 18.8. The third-order valence-corrected chi connectivity index (χ3v) is 8.30. The zero-order chi connectivity index (χ0) is 27.3. The van der Waals surface area contributed by atoms with Gasteiger partial charge in [-0.25, -0.2) is 4.79 Å². The topological polar surface area (TPSA) is 124 Å². The van der Waals surface area contributed by atoms with Gasteiger partial charge >= 0.3 is 5.97 Å². The minimum Gasteiger partial charge on any atom is -0.454 e. The van der Waals surface area contributed by atoms with Crippen molar-refractivity contribution >= 4 is 34.9 Å². The monoisotopic (exact) mass is 524 g/mol. The lowest BCUT2D eigenvalue weighted by molar-refractivity contribution is -0.384. The highest BCUT2D eigenvalue weighted by atomic mass is 16.6. The highest BCUT2D eigenvalue weighted by Gasteiger charge is 2.64. The lowest BCUT2D eigenvalue weighted by atomic mass is 9.73. The Hall–Kier alpha value is -4.66. The van der Waals surface area contributed by atoms with E-state index in [9.17, 15) is 29.3 Å². The van der Waals surface area contributed by atoms with Gasteiger partial charge in [0.2, 0.25) is 17.6 Å². The number of nitro groups is 1. The number of non-ortho nitro benzene ring substituents is 1. The van der Waals surface area contributed by atoms with E-state index in [0.717, 1.165) is 18.9 Å². The van der Waals surface area contributed by atoms with E-state index in [0.29, 0.717) is 5.69 Å². The lowest BCUT2D eigenvalue weighted by Crippen LogP contribution is -2.33. The number of fused-ring (bicyclic) bond motifs is 5. The van der Waals surface area contributed by atoms with E-state index in [-0.39, 0.29) is 58.2 Å². The lowest BCUT2D eigenvalue weighted by Gasteiger charge is -2.28. The summed E-state index contributed by atoms with van der Waals surface area (Å²) in [4.78, 5) is 63.7. The summed E-state index contributed by atoms with van der Waals surface area (Å²) in [5, 5.41) is 11.0. The minimum atomic E-state index is -0.806. The van der Waals surface area contributed by atoms with Gasteiger partial charge in [-0.1, -0.05) is 48.5 Å². The zero-order valence-electron chi connectivity index (χ0n) is 20.8. The van der Waals surface area contributed by atoms with Crippen LogP contribution in [0.1, 0.15) is 45.0 Å². The fraction of sp³-hybridized carbons (Fsp3) is 0.267. The van der Waals surface area contributed by atoms with Crippen molar-refractivity contribution in [1.29, 1.82) is 0 Å². The molecule has 1 aliphatic heterocycles. The zero-order valence-corrected chi connectivity index (χ0v) is 20.8. The van der Waals surface area contributed by atoms with Crippen molar-refractivity contribution in [3.8, 4) is 0 Å². The van der Waals surface area contributed by atoms with Crippen LogP contribution in [0, 0.1) is 33.8 Å². The van der Waals surface area contributed by atoms with Gasteiger partial charge in [0.05, 0.1) is 28.0 Å². The molecule has 39 heavy (non-hydrogen) atoms. The van der Waals surface area contributed by atoms with Crippen LogP contribution in [-0.2, 0) is 14.3 Å². The molecule has 3 aromatic rings. The standard InChI is InChI=1S/C30H24N2O7/c33-25(18-8-4-11-22(12-18)32(37)38)16-39-30(36)19-9-5-10-21(13-19)31-28(34)26-20-14-23(17-6-2-1-3-7-17)24(15-20)27(26)29(31)35/h1-13,20,23-24,26-27H,14-16H2/t20-,23-,24+,26-,27-/m1/s1. The number of imide groups is 1. The summed E-state index contributed by atoms with van der Waals surface area (Å²) in [6.07, 6.45) is 1.75. The molecular weight excluding hydrogens is 500 g/mol. The summed E-state index contributed by atoms with van der Waals surface area (Å²) < 4.78 is 5.15. The molecule has 196 valence electrons. The molecule has 0 spiro atoms. The Bertz CT molecular complexity index is 1520. The number of Topliss-reactive ketones (excluding diaryl/α,β-unsaturated/α-hetero) is 1. The van der Waals surface area contributed by atoms with Gasteiger partial charge < -0.3 is 4.74 Å². The first kappa shape index (κ1) is 24.7. The molecule has 2 saturated carbocycles. The molecule has 0 aromatic heterocycles. The third-order valence-electron chi connectivity index (χ3n) is 8.30. The van der Waals surface area contributed by atoms with Crippen molar-refractivity contribution in [2.45, 2.75) is 18.8 Å². The summed E-state index contributed by atoms with van der Waals surface area (Å²) in [6, 6.07) is 21.4. The predicted molar refractivity (Wildman–Crippen MR) is 139 cm³/mol. The average Bonchev–Trinajstić information content (AvgIpc) is 3.63. The number of nitro benzene ring substituents is 1. The SMILES string of the molecule is O=C(COC(=O)c1cccc(N2C(=O)[C@@H]3[C@H]4C[C@H]([C@H]3C2=O)[C@@H](c2ccccc2)C4)c1)c1cccc([N+](=O)[O-])c1. The summed E-state index contributed by atoms with van der Waals surface area (Å²) in [5.74, 6) is -2.06. The molecule has 6 rings (SSSR count). The quantitative estimate of drug-likeness (QED) is 0.146. The number of amides is 2. The molecule has 5 atom stereocenters. The molecule has 9 nitrogen and oxygen atoms in total. The van der Waals surface area contributed by atoms with Crippen molar-refractivity contribution in [3.63, 3.8) is 0 Å². The Morgan fingerprint density at radius 3 is 2.36 bits per heavy atom. The highest BCUT2D eigenvalue weighted by Crippen LogP contribution is 2.61. The number of carbonyl (C=O) groups is 4. The second kappa shape index (κ2) is 9.58. The Morgan fingerprint density at radius 1 is 0.872 bits per heavy atom. The number of ketones is 1. The predicted octanol–water partition coefficient (Wildman–Crippen LogP) is 4.56. The maximum absolute atomic E-state index is 13.6. The number of carbonyl (C=O) groups excluding carboxylic acids is 4. The van der Waals surface area contributed by atoms with Gasteiger partial charge in [0.15, 0.2) is 6.61 Å². The van der Waals surface area contributed by atoms with E-state index in [4.69, 9.17) is 4.74 Å². The normalized spacial score (nSPS) is 25.0. The number of ether oxygens (including phenoxy) is 1. The number of anilines is 1. The molecule has 1 heterocycles. The summed E-state index contributed by atoms with van der Waals surface area (Å²) in [6.45, 7) is -0.611. The van der Waals surface area contributed by atoms with Crippen LogP contribution in [-0.4, -0.2) is 35.1 Å². The molecule has 0 unspecified atom stereocenters. The van der Waals surface area contributed by atoms with Crippen molar-refractivity contribution in [2.24, 2.45) is 23.7 Å². The molecule has 2 aliphatic carbocycles. The number of rotatable bonds is 7. The van der Waals surface area contributed by atoms with Crippen LogP contribution in [0.5, 0.6) is 0 Å². The minimum absolute atomic E-state index is 0.0500. The molecule has 2 amide bonds. The van der Waals surface area contributed by atoms with Crippen LogP contribution < -0.4 is 4.90 Å². The Kier molecular flexibility index (Phi) is 6.06. The fourth-order valence-electron chi connectivity index (χ4n) is 6.66. The maximum atomic E-state index is 13.6. The molecule has 0 radical (unpaired) electrons. The average molecular weight is 525 g/mol. The van der Waals surface area contributed by atoms with Gasteiger partial charge in [0, 0.05) is 17.7 Å². The van der Waals surface area contributed by atoms with Crippen molar-refractivity contribution in [3.05, 3.63) is 106 Å². The van der Waals surface area contributed by atoms with Crippen LogP contribution >= 0.6 is 0 Å². The second-order valence-corrected chi connectivity index (χ2v) is 10.3. The summed E-state index contributed by atoms with van der Waals surface area (Å²) in [7, 11) is 0. The van der Waals surface area contributed by atoms with Crippen LogP contribution in [0.2, 0.25) is 0 Å². The molecule has 3 aromatic carbocycles. The van der Waals surface area contributed by atoms with E-state index < -0.39 is 23.3 Å². The molecule has 2 bridgehead atoms. The van der Waals surface area contributed by atoms with Crippen LogP contribution in [0.15, 0.2) is 78.9 Å². The Balaban J connectivity index is 1.16. The largest absolute Gasteiger partial charge is 0.454 e. The van der Waals surface area contributed by atoms with Crippen molar-refractivity contribution < 1.29 is 28.8 Å². The molecular formula is C30H24N2O7. The molecule has 9 heteroatoms. The number of hydrogen-bond donors (Lipinski definition) is 0. The Labute approximate surface area is 223 Å². The van der Waals surface area contributed by atoms with Crippen LogP contribution in [0.25, 0.3) is 0 Å². The summed E-state index contributed by atoms with van der Waals surface area (Å²) in [5.41, 5.74) is 1.39. The van der Waals surface area contributed by atoms with Crippen molar-refractivity contribution in [1.82, 2.24) is 0 Å². The van der Waals surface area contributed by atoms with E-state index in [1.54, 1.807) is 12.1 Å². The molecule has 0 N–H and O–H groups in total. The van der Waals surface area contributed by atoms with Gasteiger partial charge in [0.1, 0.15) is 0 Å². The van der Waals surface area contributed by atoms with Gasteiger partial charge in [-0.05, 0) is 54.4 Å². The number of nitrogens with zero attached hydrogens (tertiary/aromatic N) is 2. The van der Waals surface area contributed by atoms with E-state index in [2.05, 4.69) is 12.1 Å². The molecule has 1 saturated heterocycles. The first-order valence-corrected chi connectivity index (χ1v) is 12.8. The first-order valence-electron chi connectivity index (χ1n) is 12.8. The smallest absolute Gasteiger partial charge is 0.338 e. The Morgan fingerprint density at radius 2 is 1.59 bits per heavy atom. The molecule has 3 aliphatic rings. The second-order valence-electron chi connectivity index (χ2n) is 10.3. The molecule has 3 fully saturated rings. The maximum Gasteiger partial charge on any atom is 0.338 e. The summed E-state index contributed by atoms with van der Waals surface area (Å²) >= 11 is 0. The van der Waals surface area contributed by atoms with E-state index >= 15 is 0 Å².